The molecule has 0 saturated carbocycles. The number of ether oxygens (including phenoxy) is 1. The maximum Gasteiger partial charge on any atom is 0.418 e. The molecule has 7 nitrogen and oxygen atoms in total. The minimum absolute atomic E-state index is 0.387. The zero-order chi connectivity index (χ0) is 25.1. The van der Waals surface area contributed by atoms with Crippen LogP contribution in [0.25, 0.3) is 0 Å². The first-order valence-corrected chi connectivity index (χ1v) is 11.7. The maximum absolute atomic E-state index is 13.7. The van der Waals surface area contributed by atoms with E-state index in [2.05, 4.69) is 16.8 Å². The molecule has 10 heteroatoms. The van der Waals surface area contributed by atoms with E-state index in [9.17, 15) is 22.8 Å². The Morgan fingerprint density at radius 1 is 1.00 bits per heavy atom. The van der Waals surface area contributed by atoms with Gasteiger partial charge in [0.25, 0.3) is 0 Å². The van der Waals surface area contributed by atoms with Crippen LogP contribution in [-0.2, 0) is 15.7 Å². The number of benzene rings is 1. The molecule has 2 fully saturated rings. The number of anilines is 1. The van der Waals surface area contributed by atoms with Crippen molar-refractivity contribution < 1.29 is 27.5 Å². The highest BCUT2D eigenvalue weighted by Crippen LogP contribution is 2.37. The van der Waals surface area contributed by atoms with Crippen LogP contribution >= 0.6 is 0 Å². The summed E-state index contributed by atoms with van der Waals surface area (Å²) < 4.78 is 46.3. The van der Waals surface area contributed by atoms with Crippen LogP contribution in [0.15, 0.2) is 24.3 Å². The molecular weight excluding hydrogens is 449 g/mol. The van der Waals surface area contributed by atoms with Gasteiger partial charge in [0.05, 0.1) is 11.3 Å². The van der Waals surface area contributed by atoms with Crippen molar-refractivity contribution in [2.75, 3.05) is 57.8 Å². The summed E-state index contributed by atoms with van der Waals surface area (Å²) >= 11 is 0. The number of halogens is 3. The van der Waals surface area contributed by atoms with Crippen LogP contribution in [0.1, 0.15) is 39.2 Å². The summed E-state index contributed by atoms with van der Waals surface area (Å²) in [6.07, 6.45) is -3.49. The fourth-order valence-corrected chi connectivity index (χ4v) is 4.45. The van der Waals surface area contributed by atoms with Crippen LogP contribution in [0.2, 0.25) is 0 Å². The summed E-state index contributed by atoms with van der Waals surface area (Å²) in [5.41, 5.74) is -2.30. The lowest BCUT2D eigenvalue weighted by Crippen LogP contribution is -2.55. The molecule has 0 spiro atoms. The van der Waals surface area contributed by atoms with E-state index in [0.29, 0.717) is 32.2 Å². The second kappa shape index (κ2) is 10.5. The molecule has 190 valence electrons. The van der Waals surface area contributed by atoms with E-state index in [4.69, 9.17) is 4.74 Å². The summed E-state index contributed by atoms with van der Waals surface area (Å²) in [5.74, 6) is -0.397. The molecule has 2 amide bonds. The molecule has 2 aliphatic heterocycles. The van der Waals surface area contributed by atoms with Crippen molar-refractivity contribution in [1.82, 2.24) is 14.7 Å². The second-order valence-corrected chi connectivity index (χ2v) is 10.0. The predicted molar refractivity (Wildman–Crippen MR) is 124 cm³/mol. The number of piperazine rings is 1. The van der Waals surface area contributed by atoms with Crippen molar-refractivity contribution in [2.24, 2.45) is 0 Å². The average Bonchev–Trinajstić information content (AvgIpc) is 2.76. The minimum Gasteiger partial charge on any atom is -0.443 e. The van der Waals surface area contributed by atoms with Gasteiger partial charge in [0, 0.05) is 32.2 Å². The monoisotopic (exact) mass is 484 g/mol. The van der Waals surface area contributed by atoms with Gasteiger partial charge in [0.2, 0.25) is 5.91 Å². The zero-order valence-electron chi connectivity index (χ0n) is 20.4. The summed E-state index contributed by atoms with van der Waals surface area (Å²) in [4.78, 5) is 33.1. The van der Waals surface area contributed by atoms with Gasteiger partial charge in [-0.15, -0.1) is 0 Å². The fourth-order valence-electron chi connectivity index (χ4n) is 4.45. The van der Waals surface area contributed by atoms with Gasteiger partial charge < -0.3 is 14.5 Å². The molecular formula is C24H35F3N4O3. The number of likely N-dealkylation sites (tertiary alicyclic amines) is 1. The van der Waals surface area contributed by atoms with E-state index >= 15 is 0 Å². The van der Waals surface area contributed by atoms with Crippen molar-refractivity contribution in [1.29, 1.82) is 0 Å². The van der Waals surface area contributed by atoms with E-state index in [0.717, 1.165) is 36.9 Å². The first-order valence-electron chi connectivity index (χ1n) is 11.7. The first kappa shape index (κ1) is 26.3. The Balaban J connectivity index is 1.72. The van der Waals surface area contributed by atoms with Crippen molar-refractivity contribution in [3.05, 3.63) is 29.8 Å². The summed E-state index contributed by atoms with van der Waals surface area (Å²) in [6, 6.07) is 5.25. The molecule has 2 heterocycles. The van der Waals surface area contributed by atoms with Crippen LogP contribution in [0.4, 0.5) is 23.7 Å². The topological polar surface area (TPSA) is 56.3 Å². The van der Waals surface area contributed by atoms with Crippen molar-refractivity contribution >= 4 is 17.7 Å². The number of piperidine rings is 1. The largest absolute Gasteiger partial charge is 0.443 e. The highest BCUT2D eigenvalue weighted by atomic mass is 19.4. The van der Waals surface area contributed by atoms with Crippen LogP contribution in [-0.4, -0.2) is 91.2 Å². The van der Waals surface area contributed by atoms with E-state index in [1.807, 2.05) is 0 Å². The zero-order valence-corrected chi connectivity index (χ0v) is 20.4. The predicted octanol–water partition coefficient (Wildman–Crippen LogP) is 3.69. The molecule has 0 N–H and O–H groups in total. The lowest BCUT2D eigenvalue weighted by atomic mass is 10.0. The Morgan fingerprint density at radius 3 is 2.15 bits per heavy atom. The van der Waals surface area contributed by atoms with Gasteiger partial charge in [0.1, 0.15) is 12.1 Å². The van der Waals surface area contributed by atoms with Crippen LogP contribution < -0.4 is 4.90 Å². The number of hydrogen-bond acceptors (Lipinski definition) is 5. The molecule has 0 radical (unpaired) electrons. The molecule has 2 saturated heterocycles. The van der Waals surface area contributed by atoms with Gasteiger partial charge >= 0.3 is 12.3 Å². The molecule has 0 aromatic heterocycles. The summed E-state index contributed by atoms with van der Waals surface area (Å²) in [6.45, 7) is 8.85. The second-order valence-electron chi connectivity index (χ2n) is 10.0. The quantitative estimate of drug-likeness (QED) is 0.653. The van der Waals surface area contributed by atoms with Gasteiger partial charge in [-0.1, -0.05) is 12.1 Å². The highest BCUT2D eigenvalue weighted by molar-refractivity contribution is 5.96. The van der Waals surface area contributed by atoms with Gasteiger partial charge in [-0.2, -0.15) is 13.2 Å². The van der Waals surface area contributed by atoms with Crippen molar-refractivity contribution in [3.8, 4) is 0 Å². The van der Waals surface area contributed by atoms with E-state index in [1.165, 1.54) is 18.2 Å². The SMILES string of the molecule is CN1CCC(N2CCN(C(=O)CN(C(=O)OC(C)(C)C)c3ccccc3C(F)(F)F)CC2)CC1. The number of para-hydroxylation sites is 1. The molecule has 0 unspecified atom stereocenters. The van der Waals surface area contributed by atoms with Crippen LogP contribution in [0.5, 0.6) is 0 Å². The van der Waals surface area contributed by atoms with Gasteiger partial charge in [-0.05, 0) is 65.9 Å². The number of amides is 2. The van der Waals surface area contributed by atoms with E-state index in [1.54, 1.807) is 25.7 Å². The average molecular weight is 485 g/mol. The summed E-state index contributed by atoms with van der Waals surface area (Å²) in [7, 11) is 2.11. The number of rotatable bonds is 4. The van der Waals surface area contributed by atoms with Gasteiger partial charge in [-0.3, -0.25) is 14.6 Å². The lowest BCUT2D eigenvalue weighted by Gasteiger charge is -2.42. The number of alkyl halides is 3. The molecule has 34 heavy (non-hydrogen) atoms. The number of hydrogen-bond donors (Lipinski definition) is 0. The van der Waals surface area contributed by atoms with Crippen LogP contribution in [0, 0.1) is 0 Å². The third kappa shape index (κ3) is 6.85. The van der Waals surface area contributed by atoms with Crippen molar-refractivity contribution in [3.63, 3.8) is 0 Å². The summed E-state index contributed by atoms with van der Waals surface area (Å²) in [5, 5.41) is 0. The van der Waals surface area contributed by atoms with Crippen molar-refractivity contribution in [2.45, 2.75) is 51.4 Å². The third-order valence-electron chi connectivity index (χ3n) is 6.28. The maximum atomic E-state index is 13.7. The number of nitrogens with zero attached hydrogens (tertiary/aromatic N) is 4. The normalized spacial score (nSPS) is 19.2. The van der Waals surface area contributed by atoms with E-state index < -0.39 is 35.9 Å². The lowest BCUT2D eigenvalue weighted by molar-refractivity contribution is -0.137. The molecule has 1 aromatic carbocycles. The van der Waals surface area contributed by atoms with Crippen LogP contribution in [0.3, 0.4) is 0 Å². The fraction of sp³-hybridized carbons (Fsp3) is 0.667. The molecule has 0 atom stereocenters. The van der Waals surface area contributed by atoms with E-state index in [-0.39, 0.29) is 5.69 Å². The minimum atomic E-state index is -4.68. The van der Waals surface area contributed by atoms with Gasteiger partial charge in [0.15, 0.2) is 0 Å². The molecule has 0 bridgehead atoms. The highest BCUT2D eigenvalue weighted by Gasteiger charge is 2.38. The first-order chi connectivity index (χ1) is 15.8. The Hall–Kier alpha value is -2.33. The molecule has 2 aliphatic rings. The Morgan fingerprint density at radius 2 is 1.59 bits per heavy atom. The molecule has 3 rings (SSSR count). The molecule has 0 aliphatic carbocycles. The van der Waals surface area contributed by atoms with Gasteiger partial charge in [-0.25, -0.2) is 4.79 Å². The smallest absolute Gasteiger partial charge is 0.418 e. The number of carbonyl (C=O) groups is 2. The molecule has 1 aromatic rings. The Labute approximate surface area is 199 Å². The Kier molecular flexibility index (Phi) is 8.13. The third-order valence-corrected chi connectivity index (χ3v) is 6.28. The standard InChI is InChI=1S/C24H35F3N4O3/c1-23(2,3)34-22(33)31(20-8-6-5-7-19(20)24(25,26)27)17-21(32)30-15-13-29(14-16-30)18-9-11-28(4)12-10-18/h5-8,18H,9-17H2,1-4H3. The number of carbonyl (C=O) groups excluding carboxylic acids is 2. The Bertz CT molecular complexity index is 856.